The van der Waals surface area contributed by atoms with Crippen molar-refractivity contribution < 1.29 is 23.1 Å². The third-order valence-electron chi connectivity index (χ3n) is 5.12. The lowest BCUT2D eigenvalue weighted by Crippen LogP contribution is -2.42. The van der Waals surface area contributed by atoms with Crippen LogP contribution in [-0.4, -0.2) is 35.1 Å². The van der Waals surface area contributed by atoms with Gasteiger partial charge in [0.25, 0.3) is 5.91 Å². The molecule has 1 fully saturated rings. The van der Waals surface area contributed by atoms with Crippen molar-refractivity contribution in [3.63, 3.8) is 0 Å². The van der Waals surface area contributed by atoms with Crippen molar-refractivity contribution in [3.8, 4) is 0 Å². The number of halogens is 3. The van der Waals surface area contributed by atoms with E-state index in [1.807, 2.05) is 30.3 Å². The zero-order valence-corrected chi connectivity index (χ0v) is 14.8. The third kappa shape index (κ3) is 4.69. The number of carbonyl (C=O) groups is 1. The summed E-state index contributed by atoms with van der Waals surface area (Å²) in [5.74, 6) is -0.564. The highest BCUT2D eigenvalue weighted by atomic mass is 19.4. The van der Waals surface area contributed by atoms with Gasteiger partial charge in [0, 0.05) is 13.1 Å². The van der Waals surface area contributed by atoms with Crippen LogP contribution in [0.25, 0.3) is 0 Å². The van der Waals surface area contributed by atoms with Gasteiger partial charge in [-0.1, -0.05) is 42.5 Å². The zero-order chi connectivity index (χ0) is 19.4. The Morgan fingerprint density at radius 1 is 1.04 bits per heavy atom. The minimum atomic E-state index is -4.56. The Kier molecular flexibility index (Phi) is 5.85. The summed E-state index contributed by atoms with van der Waals surface area (Å²) in [7, 11) is 0. The first-order chi connectivity index (χ1) is 12.9. The molecule has 1 aliphatic heterocycles. The Morgan fingerprint density at radius 2 is 1.63 bits per heavy atom. The summed E-state index contributed by atoms with van der Waals surface area (Å²) in [6.45, 7) is 0.698. The molecule has 0 aliphatic carbocycles. The summed E-state index contributed by atoms with van der Waals surface area (Å²) >= 11 is 0. The van der Waals surface area contributed by atoms with E-state index in [0.717, 1.165) is 11.6 Å². The van der Waals surface area contributed by atoms with Crippen LogP contribution in [0.3, 0.4) is 0 Å². The van der Waals surface area contributed by atoms with Crippen molar-refractivity contribution in [1.29, 1.82) is 0 Å². The number of likely N-dealkylation sites (tertiary alicyclic amines) is 1. The van der Waals surface area contributed by atoms with Crippen LogP contribution < -0.4 is 0 Å². The van der Waals surface area contributed by atoms with Crippen molar-refractivity contribution in [1.82, 2.24) is 4.90 Å². The molecule has 2 aromatic carbocycles. The normalized spacial score (nSPS) is 17.0. The van der Waals surface area contributed by atoms with Crippen molar-refractivity contribution in [2.24, 2.45) is 5.92 Å². The molecule has 1 aliphatic rings. The van der Waals surface area contributed by atoms with Crippen LogP contribution in [0, 0.1) is 5.92 Å². The number of aliphatic hydroxyl groups excluding tert-OH is 1. The molecule has 2 aromatic rings. The quantitative estimate of drug-likeness (QED) is 0.869. The second-order valence-corrected chi connectivity index (χ2v) is 6.93. The molecule has 0 unspecified atom stereocenters. The van der Waals surface area contributed by atoms with Crippen LogP contribution >= 0.6 is 0 Å². The topological polar surface area (TPSA) is 40.5 Å². The van der Waals surface area contributed by atoms with Gasteiger partial charge in [-0.2, -0.15) is 13.2 Å². The molecule has 0 radical (unpaired) electrons. The van der Waals surface area contributed by atoms with Gasteiger partial charge in [0.1, 0.15) is 0 Å². The van der Waals surface area contributed by atoms with E-state index in [4.69, 9.17) is 0 Å². The van der Waals surface area contributed by atoms with Crippen LogP contribution in [0.1, 0.15) is 34.3 Å². The largest absolute Gasteiger partial charge is 0.417 e. The molecule has 0 spiro atoms. The third-order valence-corrected chi connectivity index (χ3v) is 5.12. The van der Waals surface area contributed by atoms with E-state index in [-0.39, 0.29) is 11.5 Å². The molecule has 0 aromatic heterocycles. The van der Waals surface area contributed by atoms with E-state index in [2.05, 4.69) is 0 Å². The molecule has 144 valence electrons. The first-order valence-electron chi connectivity index (χ1n) is 9.03. The standard InChI is InChI=1S/C21H22F3NO2/c22-21(23,24)18-9-5-4-8-17(18)20(27)25-12-10-16(11-13-25)19(26)14-15-6-2-1-3-7-15/h1-9,16,19,26H,10-14H2/t19-/m0/s1. The van der Waals surface area contributed by atoms with Crippen molar-refractivity contribution in [2.45, 2.75) is 31.5 Å². The first-order valence-corrected chi connectivity index (χ1v) is 9.03. The summed E-state index contributed by atoms with van der Waals surface area (Å²) in [5, 5.41) is 10.5. The van der Waals surface area contributed by atoms with Gasteiger partial charge in [-0.15, -0.1) is 0 Å². The van der Waals surface area contributed by atoms with Crippen molar-refractivity contribution >= 4 is 5.91 Å². The molecule has 1 saturated heterocycles. The lowest BCUT2D eigenvalue weighted by molar-refractivity contribution is -0.138. The van der Waals surface area contributed by atoms with Gasteiger partial charge in [0.05, 0.1) is 17.2 Å². The Morgan fingerprint density at radius 3 is 2.26 bits per heavy atom. The van der Waals surface area contributed by atoms with Crippen LogP contribution in [0.4, 0.5) is 13.2 Å². The Labute approximate surface area is 156 Å². The first kappa shape index (κ1) is 19.4. The monoisotopic (exact) mass is 377 g/mol. The molecule has 6 heteroatoms. The van der Waals surface area contributed by atoms with Crippen LogP contribution in [0.5, 0.6) is 0 Å². The maximum atomic E-state index is 13.1. The molecular weight excluding hydrogens is 355 g/mol. The van der Waals surface area contributed by atoms with Crippen LogP contribution in [0.2, 0.25) is 0 Å². The Bertz CT molecular complexity index is 768. The second-order valence-electron chi connectivity index (χ2n) is 6.93. The fourth-order valence-electron chi connectivity index (χ4n) is 3.60. The Hall–Kier alpha value is -2.34. The number of benzene rings is 2. The average molecular weight is 377 g/mol. The summed E-state index contributed by atoms with van der Waals surface area (Å²) in [4.78, 5) is 14.1. The van der Waals surface area contributed by atoms with E-state index in [0.29, 0.717) is 32.4 Å². The fourth-order valence-corrected chi connectivity index (χ4v) is 3.60. The summed E-state index contributed by atoms with van der Waals surface area (Å²) in [5.41, 5.74) is -0.169. The Balaban J connectivity index is 1.62. The van der Waals surface area contributed by atoms with E-state index in [1.54, 1.807) is 0 Å². The van der Waals surface area contributed by atoms with E-state index in [9.17, 15) is 23.1 Å². The van der Waals surface area contributed by atoms with Gasteiger partial charge in [-0.3, -0.25) is 4.79 Å². The summed E-state index contributed by atoms with van der Waals surface area (Å²) < 4.78 is 39.4. The number of aliphatic hydroxyl groups is 1. The average Bonchev–Trinajstić information content (AvgIpc) is 2.67. The molecule has 1 N–H and O–H groups in total. The molecule has 3 nitrogen and oxygen atoms in total. The highest BCUT2D eigenvalue weighted by Gasteiger charge is 2.36. The zero-order valence-electron chi connectivity index (χ0n) is 14.8. The summed E-state index contributed by atoms with van der Waals surface area (Å²) in [6.07, 6.45) is -3.39. The SMILES string of the molecule is O=C(c1ccccc1C(F)(F)F)N1CCC([C@@H](O)Cc2ccccc2)CC1. The predicted octanol–water partition coefficient (Wildman–Crippen LogP) is 4.16. The number of hydrogen-bond donors (Lipinski definition) is 1. The molecule has 0 saturated carbocycles. The molecule has 1 amide bonds. The summed E-state index contributed by atoms with van der Waals surface area (Å²) in [6, 6.07) is 14.5. The predicted molar refractivity (Wildman–Crippen MR) is 96.2 cm³/mol. The van der Waals surface area contributed by atoms with E-state index in [1.165, 1.54) is 23.1 Å². The van der Waals surface area contributed by atoms with Crippen LogP contribution in [0.15, 0.2) is 54.6 Å². The molecule has 3 rings (SSSR count). The van der Waals surface area contributed by atoms with Crippen molar-refractivity contribution in [3.05, 3.63) is 71.3 Å². The number of carbonyl (C=O) groups excluding carboxylic acids is 1. The number of amides is 1. The molecule has 0 bridgehead atoms. The molecule has 1 atom stereocenters. The van der Waals surface area contributed by atoms with Gasteiger partial charge >= 0.3 is 6.18 Å². The lowest BCUT2D eigenvalue weighted by Gasteiger charge is -2.34. The van der Waals surface area contributed by atoms with E-state index < -0.39 is 23.8 Å². The highest BCUT2D eigenvalue weighted by Crippen LogP contribution is 2.33. The van der Waals surface area contributed by atoms with Gasteiger partial charge in [0.15, 0.2) is 0 Å². The van der Waals surface area contributed by atoms with Gasteiger partial charge in [-0.05, 0) is 42.9 Å². The molecule has 27 heavy (non-hydrogen) atoms. The fraction of sp³-hybridized carbons (Fsp3) is 0.381. The number of rotatable bonds is 4. The maximum absolute atomic E-state index is 13.1. The smallest absolute Gasteiger partial charge is 0.392 e. The number of alkyl halides is 3. The maximum Gasteiger partial charge on any atom is 0.417 e. The van der Waals surface area contributed by atoms with Crippen LogP contribution in [-0.2, 0) is 12.6 Å². The van der Waals surface area contributed by atoms with E-state index >= 15 is 0 Å². The minimum Gasteiger partial charge on any atom is -0.392 e. The van der Waals surface area contributed by atoms with Crippen molar-refractivity contribution in [2.75, 3.05) is 13.1 Å². The lowest BCUT2D eigenvalue weighted by atomic mass is 9.87. The molecule has 1 heterocycles. The second kappa shape index (κ2) is 8.13. The minimum absolute atomic E-state index is 0.0344. The van der Waals surface area contributed by atoms with Gasteiger partial charge < -0.3 is 10.0 Å². The number of nitrogens with zero attached hydrogens (tertiary/aromatic N) is 1. The highest BCUT2D eigenvalue weighted by molar-refractivity contribution is 5.96. The van der Waals surface area contributed by atoms with Gasteiger partial charge in [0.2, 0.25) is 0 Å². The number of piperidine rings is 1. The molecular formula is C21H22F3NO2. The number of hydrogen-bond acceptors (Lipinski definition) is 2. The van der Waals surface area contributed by atoms with Gasteiger partial charge in [-0.25, -0.2) is 0 Å².